The predicted molar refractivity (Wildman–Crippen MR) is 49.7 cm³/mol. The summed E-state index contributed by atoms with van der Waals surface area (Å²) in [5, 5.41) is 12.3. The standard InChI is InChI=1S/C10H6FN3O2/c11-8-2-1-3-9(7(8)4-12)15-5-10-13-6-16-14-10/h1-3,6H,5H2. The van der Waals surface area contributed by atoms with Gasteiger partial charge >= 0.3 is 0 Å². The van der Waals surface area contributed by atoms with E-state index in [-0.39, 0.29) is 17.9 Å². The van der Waals surface area contributed by atoms with Crippen molar-refractivity contribution in [2.75, 3.05) is 0 Å². The lowest BCUT2D eigenvalue weighted by molar-refractivity contribution is 0.284. The molecule has 0 aliphatic heterocycles. The van der Waals surface area contributed by atoms with Crippen LogP contribution in [0.2, 0.25) is 0 Å². The summed E-state index contributed by atoms with van der Waals surface area (Å²) < 4.78 is 22.9. The lowest BCUT2D eigenvalue weighted by atomic mass is 10.2. The molecule has 0 spiro atoms. The maximum Gasteiger partial charge on any atom is 0.213 e. The Morgan fingerprint density at radius 1 is 1.50 bits per heavy atom. The minimum absolute atomic E-state index is 0.0225. The van der Waals surface area contributed by atoms with Crippen LogP contribution in [0.3, 0.4) is 0 Å². The minimum Gasteiger partial charge on any atom is -0.484 e. The van der Waals surface area contributed by atoms with Crippen molar-refractivity contribution in [1.29, 1.82) is 5.26 Å². The summed E-state index contributed by atoms with van der Waals surface area (Å²) in [7, 11) is 0. The Balaban J connectivity index is 2.16. The maximum atomic E-state index is 13.2. The third-order valence-electron chi connectivity index (χ3n) is 1.85. The molecule has 80 valence electrons. The summed E-state index contributed by atoms with van der Waals surface area (Å²) in [6, 6.07) is 5.89. The molecular weight excluding hydrogens is 213 g/mol. The first kappa shape index (κ1) is 10.1. The monoisotopic (exact) mass is 219 g/mol. The van der Waals surface area contributed by atoms with Crippen LogP contribution in [0.25, 0.3) is 0 Å². The highest BCUT2D eigenvalue weighted by atomic mass is 19.1. The first-order chi connectivity index (χ1) is 7.81. The molecule has 2 aromatic rings. The van der Waals surface area contributed by atoms with Gasteiger partial charge in [0.1, 0.15) is 23.2 Å². The van der Waals surface area contributed by atoms with Crippen molar-refractivity contribution in [2.24, 2.45) is 0 Å². The molecule has 2 rings (SSSR count). The zero-order valence-electron chi connectivity index (χ0n) is 8.05. The highest BCUT2D eigenvalue weighted by molar-refractivity contribution is 5.43. The molecule has 1 aromatic carbocycles. The second-order valence-electron chi connectivity index (χ2n) is 2.86. The van der Waals surface area contributed by atoms with Gasteiger partial charge in [0.05, 0.1) is 0 Å². The first-order valence-corrected chi connectivity index (χ1v) is 4.38. The van der Waals surface area contributed by atoms with E-state index in [0.29, 0.717) is 5.82 Å². The molecule has 0 radical (unpaired) electrons. The normalized spacial score (nSPS) is 9.75. The van der Waals surface area contributed by atoms with Gasteiger partial charge in [-0.05, 0) is 12.1 Å². The number of hydrogen-bond donors (Lipinski definition) is 0. The van der Waals surface area contributed by atoms with Crippen molar-refractivity contribution in [3.05, 3.63) is 41.8 Å². The fourth-order valence-electron chi connectivity index (χ4n) is 1.13. The molecule has 0 N–H and O–H groups in total. The van der Waals surface area contributed by atoms with Gasteiger partial charge in [-0.25, -0.2) is 4.39 Å². The van der Waals surface area contributed by atoms with Crippen molar-refractivity contribution in [3.8, 4) is 11.8 Å². The molecule has 1 heterocycles. The molecule has 16 heavy (non-hydrogen) atoms. The van der Waals surface area contributed by atoms with Gasteiger partial charge in [0.2, 0.25) is 12.2 Å². The number of benzene rings is 1. The van der Waals surface area contributed by atoms with Crippen LogP contribution < -0.4 is 4.74 Å². The van der Waals surface area contributed by atoms with Gasteiger partial charge in [-0.3, -0.25) is 0 Å². The molecule has 5 nitrogen and oxygen atoms in total. The summed E-state index contributed by atoms with van der Waals surface area (Å²) >= 11 is 0. The molecule has 1 aromatic heterocycles. The second-order valence-corrected chi connectivity index (χ2v) is 2.86. The molecule has 0 amide bonds. The SMILES string of the molecule is N#Cc1c(F)cccc1OCc1ncon1. The Hall–Kier alpha value is -2.42. The van der Waals surface area contributed by atoms with Crippen LogP contribution in [0, 0.1) is 17.1 Å². The van der Waals surface area contributed by atoms with Gasteiger partial charge in [0.25, 0.3) is 0 Å². The van der Waals surface area contributed by atoms with E-state index in [4.69, 9.17) is 10.00 Å². The van der Waals surface area contributed by atoms with Crippen LogP contribution in [0.15, 0.2) is 29.1 Å². The maximum absolute atomic E-state index is 13.2. The minimum atomic E-state index is -0.617. The number of nitrogens with zero attached hydrogens (tertiary/aromatic N) is 3. The number of ether oxygens (including phenoxy) is 1. The smallest absolute Gasteiger partial charge is 0.213 e. The number of hydrogen-bond acceptors (Lipinski definition) is 5. The van der Waals surface area contributed by atoms with Gasteiger partial charge in [0, 0.05) is 0 Å². The van der Waals surface area contributed by atoms with Gasteiger partial charge in [-0.15, -0.1) is 0 Å². The van der Waals surface area contributed by atoms with Crippen molar-refractivity contribution in [3.63, 3.8) is 0 Å². The molecule has 0 saturated carbocycles. The second kappa shape index (κ2) is 4.40. The van der Waals surface area contributed by atoms with Crippen LogP contribution >= 0.6 is 0 Å². The van der Waals surface area contributed by atoms with E-state index in [2.05, 4.69) is 14.7 Å². The van der Waals surface area contributed by atoms with Crippen molar-refractivity contribution in [1.82, 2.24) is 10.1 Å². The van der Waals surface area contributed by atoms with Crippen molar-refractivity contribution in [2.45, 2.75) is 6.61 Å². The average molecular weight is 219 g/mol. The number of rotatable bonds is 3. The van der Waals surface area contributed by atoms with Crippen molar-refractivity contribution >= 4 is 0 Å². The summed E-state index contributed by atoms with van der Waals surface area (Å²) in [4.78, 5) is 3.73. The highest BCUT2D eigenvalue weighted by Gasteiger charge is 2.09. The van der Waals surface area contributed by atoms with E-state index in [1.54, 1.807) is 6.07 Å². The van der Waals surface area contributed by atoms with E-state index >= 15 is 0 Å². The summed E-state index contributed by atoms with van der Waals surface area (Å²) in [5.74, 6) is -0.131. The fourth-order valence-corrected chi connectivity index (χ4v) is 1.13. The molecule has 6 heteroatoms. The summed E-state index contributed by atoms with van der Waals surface area (Å²) in [5.41, 5.74) is -0.133. The molecule has 0 aliphatic carbocycles. The van der Waals surface area contributed by atoms with Crippen molar-refractivity contribution < 1.29 is 13.7 Å². The van der Waals surface area contributed by atoms with Crippen LogP contribution in [0.5, 0.6) is 5.75 Å². The molecule has 0 bridgehead atoms. The van der Waals surface area contributed by atoms with Gasteiger partial charge in [0.15, 0.2) is 6.61 Å². The van der Waals surface area contributed by atoms with Crippen LogP contribution in [0.4, 0.5) is 4.39 Å². The van der Waals surface area contributed by atoms with E-state index in [1.165, 1.54) is 18.2 Å². The number of halogens is 1. The Labute approximate surface area is 90.1 Å². The molecule has 0 fully saturated rings. The number of aromatic nitrogens is 2. The lowest BCUT2D eigenvalue weighted by Crippen LogP contribution is -2.00. The Morgan fingerprint density at radius 2 is 2.38 bits per heavy atom. The van der Waals surface area contributed by atoms with Gasteiger partial charge in [-0.1, -0.05) is 11.2 Å². The van der Waals surface area contributed by atoms with E-state index in [0.717, 1.165) is 6.39 Å². The molecule has 0 saturated heterocycles. The van der Waals surface area contributed by atoms with E-state index in [9.17, 15) is 4.39 Å². The van der Waals surface area contributed by atoms with Crippen LogP contribution in [-0.2, 0) is 6.61 Å². The van der Waals surface area contributed by atoms with Gasteiger partial charge < -0.3 is 9.26 Å². The Bertz CT molecular complexity index is 519. The Kier molecular flexibility index (Phi) is 2.78. The summed E-state index contributed by atoms with van der Waals surface area (Å²) in [6.45, 7) is 0.0225. The highest BCUT2D eigenvalue weighted by Crippen LogP contribution is 2.20. The zero-order chi connectivity index (χ0) is 11.4. The molecule has 0 unspecified atom stereocenters. The summed E-state index contributed by atoms with van der Waals surface area (Å²) in [6.07, 6.45) is 1.16. The fraction of sp³-hybridized carbons (Fsp3) is 0.100. The quantitative estimate of drug-likeness (QED) is 0.784. The van der Waals surface area contributed by atoms with Crippen LogP contribution in [0.1, 0.15) is 11.4 Å². The Morgan fingerprint density at radius 3 is 3.06 bits per heavy atom. The lowest BCUT2D eigenvalue weighted by Gasteiger charge is -2.05. The number of nitriles is 1. The molecule has 0 atom stereocenters. The van der Waals surface area contributed by atoms with E-state index < -0.39 is 5.82 Å². The zero-order valence-corrected chi connectivity index (χ0v) is 8.05. The third kappa shape index (κ3) is 1.98. The van der Waals surface area contributed by atoms with E-state index in [1.807, 2.05) is 0 Å². The third-order valence-corrected chi connectivity index (χ3v) is 1.85. The van der Waals surface area contributed by atoms with Crippen LogP contribution in [-0.4, -0.2) is 10.1 Å². The first-order valence-electron chi connectivity index (χ1n) is 4.38. The largest absolute Gasteiger partial charge is 0.484 e. The average Bonchev–Trinajstić information content (AvgIpc) is 2.79. The molecular formula is C10H6FN3O2. The predicted octanol–water partition coefficient (Wildman–Crippen LogP) is 1.66. The topological polar surface area (TPSA) is 71.9 Å². The molecule has 0 aliphatic rings. The van der Waals surface area contributed by atoms with Gasteiger partial charge in [-0.2, -0.15) is 10.2 Å².